The summed E-state index contributed by atoms with van der Waals surface area (Å²) in [7, 11) is -1.61. The van der Waals surface area contributed by atoms with Gasteiger partial charge in [-0.25, -0.2) is 0 Å². The van der Waals surface area contributed by atoms with Crippen LogP contribution in [0.25, 0.3) is 0 Å². The van der Waals surface area contributed by atoms with Gasteiger partial charge in [-0.3, -0.25) is 4.79 Å². The van der Waals surface area contributed by atoms with Gasteiger partial charge in [0.05, 0.1) is 5.92 Å². The van der Waals surface area contributed by atoms with E-state index in [2.05, 4.69) is 0 Å². The number of amides is 1. The van der Waals surface area contributed by atoms with Crippen molar-refractivity contribution in [1.29, 1.82) is 0 Å². The second-order valence-electron chi connectivity index (χ2n) is 4.67. The molecule has 4 nitrogen and oxygen atoms in total. The van der Waals surface area contributed by atoms with Crippen molar-refractivity contribution in [1.82, 2.24) is 4.90 Å². The molecule has 1 fully saturated rings. The molecule has 1 saturated carbocycles. The quantitative estimate of drug-likeness (QED) is 0.695. The van der Waals surface area contributed by atoms with Crippen molar-refractivity contribution < 1.29 is 14.8 Å². The molecule has 0 saturated heterocycles. The minimum Gasteiger partial charge on any atom is -0.427 e. The monoisotopic (exact) mass is 236 g/mol. The van der Waals surface area contributed by atoms with Crippen molar-refractivity contribution in [2.75, 3.05) is 0 Å². The van der Waals surface area contributed by atoms with Crippen LogP contribution in [0.2, 0.25) is 0 Å². The predicted molar refractivity (Wildman–Crippen MR) is 66.7 cm³/mol. The fraction of sp³-hybridized carbons (Fsp3) is 0.500. The summed E-state index contributed by atoms with van der Waals surface area (Å²) in [6.45, 7) is 7.76. The van der Waals surface area contributed by atoms with Gasteiger partial charge in [0.15, 0.2) is 0 Å². The van der Waals surface area contributed by atoms with E-state index in [0.29, 0.717) is 5.92 Å². The van der Waals surface area contributed by atoms with E-state index in [4.69, 9.17) is 0 Å². The Hall–Kier alpha value is -0.545. The average Bonchev–Trinajstić information content (AvgIpc) is 2.63. The lowest BCUT2D eigenvalue weighted by atomic mass is 9.66. The van der Waals surface area contributed by atoms with Crippen LogP contribution in [0.1, 0.15) is 27.7 Å². The van der Waals surface area contributed by atoms with Gasteiger partial charge in [-0.1, -0.05) is 0 Å². The molecule has 1 rings (SSSR count). The van der Waals surface area contributed by atoms with Gasteiger partial charge in [0.25, 0.3) is 0 Å². The molecule has 1 amide bonds. The van der Waals surface area contributed by atoms with Gasteiger partial charge in [-0.2, -0.15) is 0 Å². The van der Waals surface area contributed by atoms with E-state index in [1.54, 1.807) is 24.2 Å². The first-order chi connectivity index (χ1) is 7.86. The summed E-state index contributed by atoms with van der Waals surface area (Å²) in [5, 5.41) is 18.4. The van der Waals surface area contributed by atoms with Crippen molar-refractivity contribution in [2.24, 2.45) is 0 Å². The van der Waals surface area contributed by atoms with E-state index in [9.17, 15) is 14.8 Å². The third kappa shape index (κ3) is 3.22. The van der Waals surface area contributed by atoms with Gasteiger partial charge >= 0.3 is 7.12 Å². The van der Waals surface area contributed by atoms with Crippen LogP contribution in [0, 0.1) is 31.0 Å². The van der Waals surface area contributed by atoms with Crippen LogP contribution < -0.4 is 0 Å². The zero-order chi connectivity index (χ0) is 13.2. The summed E-state index contributed by atoms with van der Waals surface area (Å²) in [6, 6.07) is 0.141. The molecular weight excluding hydrogens is 217 g/mol. The van der Waals surface area contributed by atoms with E-state index in [1.165, 1.54) is 0 Å². The highest BCUT2D eigenvalue weighted by atomic mass is 16.4. The van der Waals surface area contributed by atoms with Crippen molar-refractivity contribution in [3.05, 3.63) is 31.0 Å². The highest BCUT2D eigenvalue weighted by Gasteiger charge is 2.44. The molecule has 5 radical (unpaired) electrons. The summed E-state index contributed by atoms with van der Waals surface area (Å²) in [5.74, 6) is 0.465. The van der Waals surface area contributed by atoms with Gasteiger partial charge in [0.1, 0.15) is 0 Å². The van der Waals surface area contributed by atoms with E-state index < -0.39 is 7.12 Å². The maximum atomic E-state index is 12.3. The van der Waals surface area contributed by atoms with Crippen LogP contribution in [-0.2, 0) is 4.79 Å². The second-order valence-corrected chi connectivity index (χ2v) is 4.67. The highest BCUT2D eigenvalue weighted by molar-refractivity contribution is 6.52. The smallest absolute Gasteiger partial charge is 0.427 e. The van der Waals surface area contributed by atoms with Crippen LogP contribution in [0.5, 0.6) is 0 Å². The van der Waals surface area contributed by atoms with Gasteiger partial charge in [0.2, 0.25) is 5.91 Å². The highest BCUT2D eigenvalue weighted by Crippen LogP contribution is 2.35. The molecule has 0 aromatic heterocycles. The Kier molecular flexibility index (Phi) is 5.01. The number of carbonyl (C=O) groups is 1. The Morgan fingerprint density at radius 1 is 1.18 bits per heavy atom. The summed E-state index contributed by atoms with van der Waals surface area (Å²) < 4.78 is 0. The zero-order valence-corrected chi connectivity index (χ0v) is 10.7. The fourth-order valence-electron chi connectivity index (χ4n) is 2.06. The minimum atomic E-state index is -1.61. The van der Waals surface area contributed by atoms with Gasteiger partial charge in [-0.15, -0.1) is 0 Å². The van der Waals surface area contributed by atoms with Crippen molar-refractivity contribution in [2.45, 2.75) is 39.8 Å². The maximum absolute atomic E-state index is 12.3. The molecule has 17 heavy (non-hydrogen) atoms. The first kappa shape index (κ1) is 14.5. The molecule has 1 aliphatic carbocycles. The molecule has 0 spiro atoms. The lowest BCUT2D eigenvalue weighted by Crippen LogP contribution is -2.46. The Balaban J connectivity index is 2.80. The second kappa shape index (κ2) is 5.87. The molecule has 0 aromatic rings. The molecule has 0 unspecified atom stereocenters. The lowest BCUT2D eigenvalue weighted by molar-refractivity contribution is -0.132. The van der Waals surface area contributed by atoms with Crippen LogP contribution in [0.15, 0.2) is 0 Å². The number of hydrogen-bond acceptors (Lipinski definition) is 3. The molecule has 0 heterocycles. The largest absolute Gasteiger partial charge is 0.459 e. The van der Waals surface area contributed by atoms with Gasteiger partial charge in [0, 0.05) is 17.9 Å². The third-order valence-corrected chi connectivity index (χ3v) is 2.71. The Morgan fingerprint density at radius 2 is 1.71 bits per heavy atom. The molecular formula is C12H19BNO3. The summed E-state index contributed by atoms with van der Waals surface area (Å²) in [6.07, 6.45) is 4.83. The molecule has 5 heteroatoms. The topological polar surface area (TPSA) is 60.8 Å². The Bertz CT molecular complexity index is 260. The van der Waals surface area contributed by atoms with Crippen molar-refractivity contribution in [3.63, 3.8) is 0 Å². The third-order valence-electron chi connectivity index (χ3n) is 2.71. The zero-order valence-electron chi connectivity index (χ0n) is 10.7. The number of hydrogen-bond donors (Lipinski definition) is 2. The summed E-state index contributed by atoms with van der Waals surface area (Å²) in [4.78, 5) is 14.0. The van der Waals surface area contributed by atoms with Gasteiger partial charge in [-0.05, 0) is 47.0 Å². The molecule has 93 valence electrons. The SMILES string of the molecule is CC(C)N(C(=O)[C]1[CH][CH][CH][C]1B(O)O)C(C)C. The Labute approximate surface area is 104 Å². The summed E-state index contributed by atoms with van der Waals surface area (Å²) in [5.41, 5.74) is 0. The maximum Gasteiger partial charge on any atom is 0.459 e. The van der Waals surface area contributed by atoms with E-state index >= 15 is 0 Å². The molecule has 1 aliphatic rings. The van der Waals surface area contributed by atoms with Crippen LogP contribution in [0.3, 0.4) is 0 Å². The standard InChI is InChI=1S/C12H19BNO3/c1-8(2)14(9(3)4)12(15)10-6-5-7-11(10)13(16)17/h5-9,16-17H,1-4H3. The van der Waals surface area contributed by atoms with Gasteiger partial charge < -0.3 is 14.9 Å². The minimum absolute atomic E-state index is 0.0704. The van der Waals surface area contributed by atoms with E-state index in [0.717, 1.165) is 0 Å². The van der Waals surface area contributed by atoms with Crippen LogP contribution in [0.4, 0.5) is 0 Å². The first-order valence-corrected chi connectivity index (χ1v) is 5.80. The average molecular weight is 236 g/mol. The number of nitrogens with zero attached hydrogens (tertiary/aromatic N) is 1. The molecule has 0 atom stereocenters. The Morgan fingerprint density at radius 3 is 2.12 bits per heavy atom. The molecule has 2 N–H and O–H groups in total. The van der Waals surface area contributed by atoms with E-state index in [-0.39, 0.29) is 23.8 Å². The number of rotatable bonds is 4. The van der Waals surface area contributed by atoms with E-state index in [1.807, 2.05) is 27.7 Å². The lowest BCUT2D eigenvalue weighted by Gasteiger charge is -2.34. The first-order valence-electron chi connectivity index (χ1n) is 5.80. The summed E-state index contributed by atoms with van der Waals surface area (Å²) >= 11 is 0. The predicted octanol–water partition coefficient (Wildman–Crippen LogP) is 0.419. The van der Waals surface area contributed by atoms with Crippen LogP contribution >= 0.6 is 0 Å². The van der Waals surface area contributed by atoms with Crippen molar-refractivity contribution >= 4 is 13.0 Å². The van der Waals surface area contributed by atoms with Crippen molar-refractivity contribution in [3.8, 4) is 0 Å². The van der Waals surface area contributed by atoms with Crippen LogP contribution in [-0.4, -0.2) is 40.1 Å². The normalized spacial score (nSPS) is 18.1. The number of carbonyl (C=O) groups excluding carboxylic acids is 1. The molecule has 0 aromatic carbocycles. The molecule has 0 bridgehead atoms. The fourth-order valence-corrected chi connectivity index (χ4v) is 2.06. The molecule has 0 aliphatic heterocycles.